The molecule has 1 amide bonds. The maximum absolute atomic E-state index is 14.0. The Hall–Kier alpha value is -2.51. The second-order valence-corrected chi connectivity index (χ2v) is 6.48. The first-order valence-electron chi connectivity index (χ1n) is 7.46. The molecule has 0 bridgehead atoms. The van der Waals surface area contributed by atoms with Gasteiger partial charge in [0.1, 0.15) is 11.3 Å². The van der Waals surface area contributed by atoms with Crippen LogP contribution in [0.25, 0.3) is 0 Å². The monoisotopic (exact) mass is 338 g/mol. The average Bonchev–Trinajstić information content (AvgIpc) is 2.87. The van der Waals surface area contributed by atoms with Gasteiger partial charge < -0.3 is 14.4 Å². The van der Waals surface area contributed by atoms with Crippen molar-refractivity contribution in [3.63, 3.8) is 0 Å². The number of halogens is 1. The fraction of sp³-hybridized carbons (Fsp3) is 0.500. The van der Waals surface area contributed by atoms with Crippen molar-refractivity contribution in [3.05, 3.63) is 34.7 Å². The molecule has 7 nitrogen and oxygen atoms in total. The zero-order valence-corrected chi connectivity index (χ0v) is 13.7. The Balaban J connectivity index is 1.96. The van der Waals surface area contributed by atoms with Crippen LogP contribution in [0.1, 0.15) is 31.1 Å². The van der Waals surface area contributed by atoms with Gasteiger partial charge in [-0.3, -0.25) is 0 Å². The predicted octanol–water partition coefficient (Wildman–Crippen LogP) is 3.20. The van der Waals surface area contributed by atoms with E-state index >= 15 is 0 Å². The molecule has 24 heavy (non-hydrogen) atoms. The van der Waals surface area contributed by atoms with E-state index in [-0.39, 0.29) is 24.3 Å². The molecule has 0 aliphatic carbocycles. The van der Waals surface area contributed by atoms with Crippen molar-refractivity contribution in [2.75, 3.05) is 13.1 Å². The van der Waals surface area contributed by atoms with Gasteiger partial charge in [-0.25, -0.2) is 14.0 Å². The van der Waals surface area contributed by atoms with E-state index in [9.17, 15) is 18.9 Å². The molecule has 2 unspecified atom stereocenters. The lowest BCUT2D eigenvalue weighted by atomic mass is 10.2. The van der Waals surface area contributed by atoms with Gasteiger partial charge in [0.2, 0.25) is 0 Å². The van der Waals surface area contributed by atoms with Crippen LogP contribution in [0, 0.1) is 4.91 Å². The first-order valence-corrected chi connectivity index (χ1v) is 7.46. The summed E-state index contributed by atoms with van der Waals surface area (Å²) >= 11 is 0. The number of benzene rings is 1. The second kappa shape index (κ2) is 6.94. The maximum Gasteiger partial charge on any atom is 0.410 e. The average molecular weight is 338 g/mol. The Kier molecular flexibility index (Phi) is 5.16. The molecule has 1 aliphatic rings. The van der Waals surface area contributed by atoms with Crippen molar-refractivity contribution in [1.29, 1.82) is 0 Å². The Morgan fingerprint density at radius 1 is 1.21 bits per heavy atom. The number of esters is 1. The Morgan fingerprint density at radius 2 is 1.83 bits per heavy atom. The molecule has 0 saturated carbocycles. The standard InChI is InChI=1S/C16H19FN2O5/c1-16(2,3)24-15(21)19-8-12(17)13(9-19)23-14(20)10-4-6-11(18-22)7-5-10/h4-7,12-13H,8-9H2,1-3H3. The lowest BCUT2D eigenvalue weighted by Crippen LogP contribution is -2.36. The summed E-state index contributed by atoms with van der Waals surface area (Å²) in [5, 5.41) is 2.72. The van der Waals surface area contributed by atoms with Crippen molar-refractivity contribution in [2.45, 2.75) is 38.6 Å². The molecule has 0 N–H and O–H groups in total. The molecular formula is C16H19FN2O5. The molecule has 1 fully saturated rings. The molecule has 2 rings (SSSR count). The lowest BCUT2D eigenvalue weighted by molar-refractivity contribution is 0.0140. The van der Waals surface area contributed by atoms with Crippen LogP contribution in [-0.4, -0.2) is 47.9 Å². The van der Waals surface area contributed by atoms with Crippen molar-refractivity contribution < 1.29 is 23.5 Å². The summed E-state index contributed by atoms with van der Waals surface area (Å²) in [5.41, 5.74) is -0.344. The van der Waals surface area contributed by atoms with Gasteiger partial charge in [0, 0.05) is 0 Å². The zero-order valence-electron chi connectivity index (χ0n) is 13.7. The Morgan fingerprint density at radius 3 is 2.38 bits per heavy atom. The van der Waals surface area contributed by atoms with E-state index < -0.39 is 29.9 Å². The molecule has 0 radical (unpaired) electrons. The number of alkyl halides is 1. The topological polar surface area (TPSA) is 85.3 Å². The predicted molar refractivity (Wildman–Crippen MR) is 83.8 cm³/mol. The minimum Gasteiger partial charge on any atom is -0.454 e. The number of carbonyl (C=O) groups excluding carboxylic acids is 2. The van der Waals surface area contributed by atoms with E-state index in [2.05, 4.69) is 5.18 Å². The SMILES string of the molecule is CC(C)(C)OC(=O)N1CC(F)C(OC(=O)c2ccc(N=O)cc2)C1. The van der Waals surface area contributed by atoms with Crippen molar-refractivity contribution in [2.24, 2.45) is 5.18 Å². The summed E-state index contributed by atoms with van der Waals surface area (Å²) < 4.78 is 24.3. The van der Waals surface area contributed by atoms with E-state index in [1.807, 2.05) is 0 Å². The van der Waals surface area contributed by atoms with E-state index in [1.165, 1.54) is 29.2 Å². The van der Waals surface area contributed by atoms with Gasteiger partial charge in [0.15, 0.2) is 12.3 Å². The highest BCUT2D eigenvalue weighted by atomic mass is 19.1. The van der Waals surface area contributed by atoms with Gasteiger partial charge in [0.25, 0.3) is 0 Å². The van der Waals surface area contributed by atoms with Crippen LogP contribution in [0.4, 0.5) is 14.9 Å². The zero-order chi connectivity index (χ0) is 17.9. The smallest absolute Gasteiger partial charge is 0.410 e. The van der Waals surface area contributed by atoms with Crippen molar-refractivity contribution in [3.8, 4) is 0 Å². The van der Waals surface area contributed by atoms with E-state index in [0.717, 1.165) is 0 Å². The number of ether oxygens (including phenoxy) is 2. The third kappa shape index (κ3) is 4.50. The van der Waals surface area contributed by atoms with Crippen LogP contribution in [0.3, 0.4) is 0 Å². The summed E-state index contributed by atoms with van der Waals surface area (Å²) in [6.45, 7) is 4.87. The van der Waals surface area contributed by atoms with Gasteiger partial charge in [-0.1, -0.05) is 0 Å². The van der Waals surface area contributed by atoms with Gasteiger partial charge >= 0.3 is 12.1 Å². The maximum atomic E-state index is 14.0. The second-order valence-electron chi connectivity index (χ2n) is 6.48. The summed E-state index contributed by atoms with van der Waals surface area (Å²) in [7, 11) is 0. The molecule has 2 atom stereocenters. The van der Waals surface area contributed by atoms with Crippen LogP contribution in [-0.2, 0) is 9.47 Å². The molecule has 130 valence electrons. The first-order chi connectivity index (χ1) is 11.2. The van der Waals surface area contributed by atoms with Gasteiger partial charge in [0.05, 0.1) is 18.7 Å². The fourth-order valence-corrected chi connectivity index (χ4v) is 2.18. The largest absolute Gasteiger partial charge is 0.454 e. The van der Waals surface area contributed by atoms with Crippen LogP contribution in [0.5, 0.6) is 0 Å². The third-order valence-corrected chi connectivity index (χ3v) is 3.32. The van der Waals surface area contributed by atoms with Gasteiger partial charge in [-0.2, -0.15) is 0 Å². The molecule has 1 saturated heterocycles. The van der Waals surface area contributed by atoms with Crippen LogP contribution in [0.2, 0.25) is 0 Å². The molecule has 8 heteroatoms. The number of carbonyl (C=O) groups is 2. The van der Waals surface area contributed by atoms with Crippen LogP contribution < -0.4 is 0 Å². The number of hydrogen-bond donors (Lipinski definition) is 0. The number of nitrogens with zero attached hydrogens (tertiary/aromatic N) is 2. The molecule has 0 spiro atoms. The molecule has 1 aromatic rings. The molecule has 1 aliphatic heterocycles. The van der Waals surface area contributed by atoms with Crippen molar-refractivity contribution in [1.82, 2.24) is 4.90 Å². The highest BCUT2D eigenvalue weighted by Gasteiger charge is 2.39. The van der Waals surface area contributed by atoms with Crippen molar-refractivity contribution >= 4 is 17.7 Å². The molecule has 1 heterocycles. The summed E-state index contributed by atoms with van der Waals surface area (Å²) in [4.78, 5) is 35.5. The molecule has 1 aromatic carbocycles. The number of rotatable bonds is 3. The summed E-state index contributed by atoms with van der Waals surface area (Å²) in [6.07, 6.45) is -3.20. The number of amides is 1. The number of nitroso groups, excluding NO2 is 1. The third-order valence-electron chi connectivity index (χ3n) is 3.32. The minimum absolute atomic E-state index is 0.0736. The molecular weight excluding hydrogens is 319 g/mol. The summed E-state index contributed by atoms with van der Waals surface area (Å²) in [5.74, 6) is -0.730. The minimum atomic E-state index is -1.49. The number of hydrogen-bond acceptors (Lipinski definition) is 6. The Bertz CT molecular complexity index is 626. The highest BCUT2D eigenvalue weighted by molar-refractivity contribution is 5.90. The highest BCUT2D eigenvalue weighted by Crippen LogP contribution is 2.21. The summed E-state index contributed by atoms with van der Waals surface area (Å²) in [6, 6.07) is 5.45. The normalized spacial score (nSPS) is 20.6. The van der Waals surface area contributed by atoms with E-state index in [0.29, 0.717) is 0 Å². The quantitative estimate of drug-likeness (QED) is 0.624. The van der Waals surface area contributed by atoms with E-state index in [1.54, 1.807) is 20.8 Å². The van der Waals surface area contributed by atoms with Crippen LogP contribution in [0.15, 0.2) is 29.4 Å². The Labute approximate surface area is 138 Å². The van der Waals surface area contributed by atoms with Crippen LogP contribution >= 0.6 is 0 Å². The molecule has 0 aromatic heterocycles. The lowest BCUT2D eigenvalue weighted by Gasteiger charge is -2.24. The van der Waals surface area contributed by atoms with Gasteiger partial charge in [-0.05, 0) is 50.2 Å². The van der Waals surface area contributed by atoms with Gasteiger partial charge in [-0.15, -0.1) is 4.91 Å². The number of likely N-dealkylation sites (tertiary alicyclic amines) is 1. The first kappa shape index (κ1) is 17.8. The fourth-order valence-electron chi connectivity index (χ4n) is 2.18. The van der Waals surface area contributed by atoms with E-state index in [4.69, 9.17) is 9.47 Å².